The van der Waals surface area contributed by atoms with Crippen molar-refractivity contribution in [3.63, 3.8) is 0 Å². The Hall–Kier alpha value is -0.850. The third-order valence-electron chi connectivity index (χ3n) is 2.05. The Morgan fingerprint density at radius 2 is 2.15 bits per heavy atom. The fourth-order valence-electron chi connectivity index (χ4n) is 1.29. The van der Waals surface area contributed by atoms with Gasteiger partial charge in [-0.05, 0) is 24.8 Å². The lowest BCUT2D eigenvalue weighted by Gasteiger charge is -2.09. The van der Waals surface area contributed by atoms with E-state index in [0.717, 1.165) is 0 Å². The smallest absolute Gasteiger partial charge is 0.0277 e. The minimum atomic E-state index is 0.616. The van der Waals surface area contributed by atoms with Gasteiger partial charge in [-0.3, -0.25) is 4.99 Å². The first-order chi connectivity index (χ1) is 6.26. The monoisotopic (exact) mass is 179 g/mol. The normalized spacial score (nSPS) is 15.8. The molecule has 0 rings (SSSR count). The Kier molecular flexibility index (Phi) is 7.27. The Morgan fingerprint density at radius 3 is 2.62 bits per heavy atom. The van der Waals surface area contributed by atoms with Gasteiger partial charge in [0.1, 0.15) is 0 Å². The quantitative estimate of drug-likeness (QED) is 0.451. The lowest BCUT2D eigenvalue weighted by molar-refractivity contribution is 0.620. The Balaban J connectivity index is 4.39. The Bertz CT molecular complexity index is 199. The topological polar surface area (TPSA) is 12.4 Å². The average Bonchev–Trinajstić information content (AvgIpc) is 2.12. The van der Waals surface area contributed by atoms with Gasteiger partial charge in [0.05, 0.1) is 0 Å². The molecule has 74 valence electrons. The molecule has 0 fully saturated rings. The molecule has 0 heterocycles. The van der Waals surface area contributed by atoms with Gasteiger partial charge < -0.3 is 0 Å². The molecule has 0 aromatic heterocycles. The van der Waals surface area contributed by atoms with Crippen LogP contribution < -0.4 is 0 Å². The van der Waals surface area contributed by atoms with Crippen LogP contribution in [0.2, 0.25) is 0 Å². The van der Waals surface area contributed by atoms with E-state index in [1.165, 1.54) is 18.4 Å². The highest BCUT2D eigenvalue weighted by Gasteiger charge is 2.03. The summed E-state index contributed by atoms with van der Waals surface area (Å²) in [6, 6.07) is 0. The predicted molar refractivity (Wildman–Crippen MR) is 61.4 cm³/mol. The largest absolute Gasteiger partial charge is 0.296 e. The molecule has 0 aromatic carbocycles. The van der Waals surface area contributed by atoms with E-state index in [9.17, 15) is 0 Å². The SMILES string of the molecule is C/C=C/C=C(\C=NC)C(C)CCC. The summed E-state index contributed by atoms with van der Waals surface area (Å²) in [7, 11) is 1.82. The van der Waals surface area contributed by atoms with Gasteiger partial charge in [0.2, 0.25) is 0 Å². The van der Waals surface area contributed by atoms with Gasteiger partial charge in [0, 0.05) is 13.3 Å². The predicted octanol–water partition coefficient (Wildman–Crippen LogP) is 3.63. The van der Waals surface area contributed by atoms with Crippen LogP contribution in [0.5, 0.6) is 0 Å². The third-order valence-corrected chi connectivity index (χ3v) is 2.05. The minimum Gasteiger partial charge on any atom is -0.296 e. The molecule has 0 saturated carbocycles. The molecular formula is C12H21N. The zero-order valence-corrected chi connectivity index (χ0v) is 9.25. The van der Waals surface area contributed by atoms with Crippen LogP contribution in [0, 0.1) is 5.92 Å². The lowest BCUT2D eigenvalue weighted by atomic mass is 9.97. The maximum Gasteiger partial charge on any atom is 0.0277 e. The number of rotatable bonds is 5. The second kappa shape index (κ2) is 7.78. The highest BCUT2D eigenvalue weighted by molar-refractivity contribution is 5.79. The van der Waals surface area contributed by atoms with Crippen LogP contribution in [-0.2, 0) is 0 Å². The van der Waals surface area contributed by atoms with Crippen LogP contribution in [0.4, 0.5) is 0 Å². The van der Waals surface area contributed by atoms with Crippen molar-refractivity contribution in [2.24, 2.45) is 10.9 Å². The molecule has 1 atom stereocenters. The standard InChI is InChI=1S/C12H21N/c1-5-7-9-12(10-13-4)11(3)8-6-2/h5,7,9-11H,6,8H2,1-4H3/b7-5+,12-9+,13-10?. The highest BCUT2D eigenvalue weighted by Crippen LogP contribution is 2.14. The van der Waals surface area contributed by atoms with E-state index in [1.807, 2.05) is 26.3 Å². The molecule has 13 heavy (non-hydrogen) atoms. The summed E-state index contributed by atoms with van der Waals surface area (Å²) < 4.78 is 0. The van der Waals surface area contributed by atoms with Gasteiger partial charge in [0.15, 0.2) is 0 Å². The number of allylic oxidation sites excluding steroid dienone is 4. The lowest BCUT2D eigenvalue weighted by Crippen LogP contribution is -2.00. The van der Waals surface area contributed by atoms with Gasteiger partial charge in [-0.1, -0.05) is 38.5 Å². The summed E-state index contributed by atoms with van der Waals surface area (Å²) in [5.41, 5.74) is 1.32. The zero-order valence-electron chi connectivity index (χ0n) is 9.25. The van der Waals surface area contributed by atoms with Crippen molar-refractivity contribution in [3.05, 3.63) is 23.8 Å². The van der Waals surface area contributed by atoms with E-state index >= 15 is 0 Å². The molecule has 0 radical (unpaired) electrons. The molecule has 0 spiro atoms. The molecule has 0 aliphatic heterocycles. The summed E-state index contributed by atoms with van der Waals surface area (Å²) in [6.07, 6.45) is 10.7. The van der Waals surface area contributed by atoms with Gasteiger partial charge >= 0.3 is 0 Å². The molecule has 0 aromatic rings. The summed E-state index contributed by atoms with van der Waals surface area (Å²) in [4.78, 5) is 4.07. The van der Waals surface area contributed by atoms with Crippen LogP contribution in [0.3, 0.4) is 0 Å². The second-order valence-electron chi connectivity index (χ2n) is 3.27. The second-order valence-corrected chi connectivity index (χ2v) is 3.27. The molecular weight excluding hydrogens is 158 g/mol. The van der Waals surface area contributed by atoms with Gasteiger partial charge in [-0.15, -0.1) is 0 Å². The van der Waals surface area contributed by atoms with Crippen molar-refractivity contribution < 1.29 is 0 Å². The van der Waals surface area contributed by atoms with Gasteiger partial charge in [-0.2, -0.15) is 0 Å². The molecule has 1 nitrogen and oxygen atoms in total. The van der Waals surface area contributed by atoms with Crippen LogP contribution in [0.15, 0.2) is 28.8 Å². The first-order valence-electron chi connectivity index (χ1n) is 5.01. The number of hydrogen-bond acceptors (Lipinski definition) is 1. The minimum absolute atomic E-state index is 0.616. The van der Waals surface area contributed by atoms with E-state index in [0.29, 0.717) is 5.92 Å². The molecule has 1 heteroatoms. The first-order valence-corrected chi connectivity index (χ1v) is 5.01. The molecule has 0 bridgehead atoms. The Labute approximate surface area is 82.3 Å². The summed E-state index contributed by atoms with van der Waals surface area (Å²) in [6.45, 7) is 6.50. The maximum atomic E-state index is 4.07. The van der Waals surface area contributed by atoms with E-state index in [2.05, 4.69) is 31.0 Å². The fourth-order valence-corrected chi connectivity index (χ4v) is 1.29. The van der Waals surface area contributed by atoms with Crippen molar-refractivity contribution in [1.29, 1.82) is 0 Å². The fraction of sp³-hybridized carbons (Fsp3) is 0.583. The molecule has 0 aliphatic carbocycles. The number of aliphatic imine (C=N–C) groups is 1. The number of nitrogens with zero attached hydrogens (tertiary/aromatic N) is 1. The van der Waals surface area contributed by atoms with Crippen molar-refractivity contribution in [2.75, 3.05) is 7.05 Å². The summed E-state index contributed by atoms with van der Waals surface area (Å²) in [5.74, 6) is 0.616. The Morgan fingerprint density at radius 1 is 1.46 bits per heavy atom. The van der Waals surface area contributed by atoms with E-state index in [1.54, 1.807) is 0 Å². The van der Waals surface area contributed by atoms with Gasteiger partial charge in [-0.25, -0.2) is 0 Å². The molecule has 0 N–H and O–H groups in total. The van der Waals surface area contributed by atoms with E-state index in [4.69, 9.17) is 0 Å². The summed E-state index contributed by atoms with van der Waals surface area (Å²) >= 11 is 0. The highest BCUT2D eigenvalue weighted by atomic mass is 14.6. The van der Waals surface area contributed by atoms with Gasteiger partial charge in [0.25, 0.3) is 0 Å². The van der Waals surface area contributed by atoms with E-state index in [-0.39, 0.29) is 0 Å². The van der Waals surface area contributed by atoms with Crippen LogP contribution in [0.1, 0.15) is 33.6 Å². The molecule has 0 aliphatic rings. The van der Waals surface area contributed by atoms with Crippen molar-refractivity contribution >= 4 is 6.21 Å². The van der Waals surface area contributed by atoms with Crippen molar-refractivity contribution in [3.8, 4) is 0 Å². The first kappa shape index (κ1) is 12.2. The molecule has 0 saturated heterocycles. The molecule has 0 amide bonds. The number of hydrogen-bond donors (Lipinski definition) is 0. The zero-order chi connectivity index (χ0) is 10.1. The maximum absolute atomic E-state index is 4.07. The molecule has 1 unspecified atom stereocenters. The van der Waals surface area contributed by atoms with Crippen LogP contribution in [-0.4, -0.2) is 13.3 Å². The van der Waals surface area contributed by atoms with E-state index < -0.39 is 0 Å². The van der Waals surface area contributed by atoms with Crippen LogP contribution in [0.25, 0.3) is 0 Å². The third kappa shape index (κ3) is 5.40. The average molecular weight is 179 g/mol. The van der Waals surface area contributed by atoms with Crippen LogP contribution >= 0.6 is 0 Å². The van der Waals surface area contributed by atoms with Crippen molar-refractivity contribution in [1.82, 2.24) is 0 Å². The summed E-state index contributed by atoms with van der Waals surface area (Å²) in [5, 5.41) is 0. The van der Waals surface area contributed by atoms with Crippen molar-refractivity contribution in [2.45, 2.75) is 33.6 Å².